The highest BCUT2D eigenvalue weighted by molar-refractivity contribution is 9.10. The first-order valence-corrected chi connectivity index (χ1v) is 6.08. The molecule has 1 fully saturated rings. The van der Waals surface area contributed by atoms with Crippen molar-refractivity contribution in [3.05, 3.63) is 28.2 Å². The Morgan fingerprint density at radius 1 is 1.41 bits per heavy atom. The van der Waals surface area contributed by atoms with Crippen LogP contribution in [-0.4, -0.2) is 23.5 Å². The number of halogens is 1. The number of carboxylic acids is 1. The molecule has 0 atom stereocenters. The van der Waals surface area contributed by atoms with Crippen LogP contribution in [-0.2, 0) is 4.79 Å². The molecule has 1 aliphatic carbocycles. The molecular formula is C12H11BrO4. The van der Waals surface area contributed by atoms with E-state index in [4.69, 9.17) is 9.84 Å². The molecule has 5 heteroatoms. The Bertz CT molecular complexity index is 466. The third-order valence-corrected chi connectivity index (χ3v) is 3.19. The van der Waals surface area contributed by atoms with Gasteiger partial charge in [0, 0.05) is 0 Å². The molecule has 0 aromatic heterocycles. The molecule has 1 aromatic rings. The van der Waals surface area contributed by atoms with E-state index >= 15 is 0 Å². The van der Waals surface area contributed by atoms with Crippen molar-refractivity contribution in [3.63, 3.8) is 0 Å². The predicted molar refractivity (Wildman–Crippen MR) is 64.3 cm³/mol. The normalized spacial score (nSPS) is 14.4. The first-order chi connectivity index (χ1) is 8.09. The minimum absolute atomic E-state index is 0.0903. The van der Waals surface area contributed by atoms with Gasteiger partial charge in [-0.2, -0.15) is 0 Å². The predicted octanol–water partition coefficient (Wildman–Crippen LogP) is 2.51. The van der Waals surface area contributed by atoms with Crippen molar-refractivity contribution in [2.24, 2.45) is 5.92 Å². The molecule has 1 saturated carbocycles. The van der Waals surface area contributed by atoms with Gasteiger partial charge in [0.1, 0.15) is 5.75 Å². The highest BCUT2D eigenvalue weighted by atomic mass is 79.9. The van der Waals surface area contributed by atoms with Crippen LogP contribution < -0.4 is 4.74 Å². The lowest BCUT2D eigenvalue weighted by Gasteiger charge is -2.10. The molecular weight excluding hydrogens is 288 g/mol. The molecule has 0 spiro atoms. The first kappa shape index (κ1) is 12.1. The minimum atomic E-state index is -1.47. The van der Waals surface area contributed by atoms with Crippen LogP contribution in [0.1, 0.15) is 23.2 Å². The Morgan fingerprint density at radius 3 is 2.71 bits per heavy atom. The number of rotatable bonds is 5. The summed E-state index contributed by atoms with van der Waals surface area (Å²) in [6.45, 7) is 0.530. The van der Waals surface area contributed by atoms with Crippen LogP contribution in [0.15, 0.2) is 22.7 Å². The van der Waals surface area contributed by atoms with Crippen LogP contribution in [0, 0.1) is 5.92 Å². The lowest BCUT2D eigenvalue weighted by molar-refractivity contribution is -0.131. The highest BCUT2D eigenvalue weighted by Crippen LogP contribution is 2.34. The monoisotopic (exact) mass is 298 g/mol. The molecule has 17 heavy (non-hydrogen) atoms. The van der Waals surface area contributed by atoms with E-state index in [1.165, 1.54) is 6.07 Å². The zero-order chi connectivity index (χ0) is 12.4. The van der Waals surface area contributed by atoms with Crippen molar-refractivity contribution in [1.29, 1.82) is 0 Å². The molecule has 0 bridgehead atoms. The summed E-state index contributed by atoms with van der Waals surface area (Å²) in [6.07, 6.45) is 2.26. The van der Waals surface area contributed by atoms with Gasteiger partial charge in [0.25, 0.3) is 5.78 Å². The van der Waals surface area contributed by atoms with E-state index < -0.39 is 11.8 Å². The highest BCUT2D eigenvalue weighted by Gasteiger charge is 2.25. The lowest BCUT2D eigenvalue weighted by Crippen LogP contribution is -2.15. The Balaban J connectivity index is 2.25. The van der Waals surface area contributed by atoms with Crippen LogP contribution in [0.25, 0.3) is 0 Å². The second-order valence-electron chi connectivity index (χ2n) is 4.01. The third kappa shape index (κ3) is 2.85. The molecule has 4 nitrogen and oxygen atoms in total. The van der Waals surface area contributed by atoms with Crippen molar-refractivity contribution in [2.75, 3.05) is 6.61 Å². The van der Waals surface area contributed by atoms with E-state index in [1.54, 1.807) is 12.1 Å². The summed E-state index contributed by atoms with van der Waals surface area (Å²) < 4.78 is 6.13. The number of hydrogen-bond acceptors (Lipinski definition) is 3. The van der Waals surface area contributed by atoms with Gasteiger partial charge >= 0.3 is 5.97 Å². The average Bonchev–Trinajstić information content (AvgIpc) is 3.10. The molecule has 90 valence electrons. The van der Waals surface area contributed by atoms with Crippen LogP contribution in [0.3, 0.4) is 0 Å². The van der Waals surface area contributed by atoms with Crippen molar-refractivity contribution >= 4 is 27.7 Å². The van der Waals surface area contributed by atoms with Gasteiger partial charge < -0.3 is 9.84 Å². The largest absolute Gasteiger partial charge is 0.491 e. The number of carbonyl (C=O) groups is 2. The van der Waals surface area contributed by atoms with E-state index in [2.05, 4.69) is 15.9 Å². The number of aliphatic carboxylic acids is 1. The SMILES string of the molecule is O=C(O)C(=O)c1cccc(Br)c1OCC1CC1. The van der Waals surface area contributed by atoms with E-state index in [-0.39, 0.29) is 5.56 Å². The fourth-order valence-electron chi connectivity index (χ4n) is 1.44. The molecule has 1 aromatic carbocycles. The summed E-state index contributed by atoms with van der Waals surface area (Å²) in [4.78, 5) is 22.2. The van der Waals surface area contributed by atoms with Crippen LogP contribution in [0.2, 0.25) is 0 Å². The first-order valence-electron chi connectivity index (χ1n) is 5.28. The van der Waals surface area contributed by atoms with Crippen molar-refractivity contribution < 1.29 is 19.4 Å². The number of benzene rings is 1. The summed E-state index contributed by atoms with van der Waals surface area (Å²) in [5, 5.41) is 8.72. The number of ether oxygens (including phenoxy) is 1. The smallest absolute Gasteiger partial charge is 0.377 e. The third-order valence-electron chi connectivity index (χ3n) is 2.57. The van der Waals surface area contributed by atoms with Crippen LogP contribution in [0.5, 0.6) is 5.75 Å². The van der Waals surface area contributed by atoms with E-state index in [0.29, 0.717) is 22.7 Å². The van der Waals surface area contributed by atoms with Gasteiger partial charge in [-0.05, 0) is 46.8 Å². The number of carbonyl (C=O) groups excluding carboxylic acids is 1. The summed E-state index contributed by atoms with van der Waals surface area (Å²) in [5.41, 5.74) is 0.0903. The van der Waals surface area contributed by atoms with Gasteiger partial charge in [-0.25, -0.2) is 4.79 Å². The van der Waals surface area contributed by atoms with Crippen molar-refractivity contribution in [2.45, 2.75) is 12.8 Å². The number of para-hydroxylation sites is 1. The van der Waals surface area contributed by atoms with E-state index in [1.807, 2.05) is 0 Å². The van der Waals surface area contributed by atoms with Gasteiger partial charge in [0.15, 0.2) is 0 Å². The molecule has 2 rings (SSSR count). The molecule has 1 aliphatic rings. The molecule has 0 unspecified atom stereocenters. The van der Waals surface area contributed by atoms with Gasteiger partial charge in [-0.3, -0.25) is 4.79 Å². The summed E-state index contributed by atoms with van der Waals surface area (Å²) in [6, 6.07) is 4.80. The second kappa shape index (κ2) is 4.87. The summed E-state index contributed by atoms with van der Waals surface area (Å²) in [5.74, 6) is -1.56. The second-order valence-corrected chi connectivity index (χ2v) is 4.86. The number of hydrogen-bond donors (Lipinski definition) is 1. The zero-order valence-electron chi connectivity index (χ0n) is 8.98. The van der Waals surface area contributed by atoms with Crippen molar-refractivity contribution in [3.8, 4) is 5.75 Å². The standard InChI is InChI=1S/C12H11BrO4/c13-9-3-1-2-8(10(14)12(15)16)11(9)17-6-7-4-5-7/h1-3,7H,4-6H2,(H,15,16). The molecule has 1 N–H and O–H groups in total. The van der Waals surface area contributed by atoms with Crippen LogP contribution >= 0.6 is 15.9 Å². The molecule has 0 saturated heterocycles. The molecule has 0 heterocycles. The fraction of sp³-hybridized carbons (Fsp3) is 0.333. The average molecular weight is 299 g/mol. The summed E-state index contributed by atoms with van der Waals surface area (Å²) in [7, 11) is 0. The Kier molecular flexibility index (Phi) is 3.47. The maximum atomic E-state index is 11.5. The maximum absolute atomic E-state index is 11.5. The fourth-order valence-corrected chi connectivity index (χ4v) is 1.92. The minimum Gasteiger partial charge on any atom is -0.491 e. The van der Waals surface area contributed by atoms with Gasteiger partial charge in [-0.15, -0.1) is 0 Å². The van der Waals surface area contributed by atoms with Crippen molar-refractivity contribution in [1.82, 2.24) is 0 Å². The Labute approximate surface area is 107 Å². The van der Waals surface area contributed by atoms with Gasteiger partial charge in [-0.1, -0.05) is 6.07 Å². The molecule has 0 radical (unpaired) electrons. The van der Waals surface area contributed by atoms with E-state index in [0.717, 1.165) is 12.8 Å². The number of carboxylic acid groups (broad SMARTS) is 1. The Hall–Kier alpha value is -1.36. The lowest BCUT2D eigenvalue weighted by atomic mass is 10.1. The van der Waals surface area contributed by atoms with E-state index in [9.17, 15) is 9.59 Å². The quantitative estimate of drug-likeness (QED) is 0.670. The Morgan fingerprint density at radius 2 is 2.12 bits per heavy atom. The number of Topliss-reactive ketones (excluding diaryl/α,β-unsaturated/α-hetero) is 1. The molecule has 0 aliphatic heterocycles. The maximum Gasteiger partial charge on any atom is 0.377 e. The molecule has 0 amide bonds. The zero-order valence-corrected chi connectivity index (χ0v) is 10.6. The van der Waals surface area contributed by atoms with Gasteiger partial charge in [0.2, 0.25) is 0 Å². The topological polar surface area (TPSA) is 63.6 Å². The summed E-state index contributed by atoms with van der Waals surface area (Å²) >= 11 is 3.26. The van der Waals surface area contributed by atoms with Crippen LogP contribution in [0.4, 0.5) is 0 Å². The van der Waals surface area contributed by atoms with Gasteiger partial charge in [0.05, 0.1) is 16.6 Å². The number of ketones is 1.